The summed E-state index contributed by atoms with van der Waals surface area (Å²) >= 11 is 0.680. The Kier molecular flexibility index (Phi) is 4.47. The molecule has 1 aliphatic rings. The maximum Gasteiger partial charge on any atom is 0.337 e. The molecule has 0 fully saturated rings. The number of nitrogens with zero attached hydrogens (tertiary/aromatic N) is 1. The van der Waals surface area contributed by atoms with Gasteiger partial charge in [-0.2, -0.15) is 4.37 Å². The average Bonchev–Trinajstić information content (AvgIpc) is 2.98. The van der Waals surface area contributed by atoms with Crippen molar-refractivity contribution in [2.45, 2.75) is 26.1 Å². The predicted molar refractivity (Wildman–Crippen MR) is 88.3 cm³/mol. The summed E-state index contributed by atoms with van der Waals surface area (Å²) in [5.74, 6) is -1.25. The molecule has 132 valence electrons. The third-order valence-electron chi connectivity index (χ3n) is 3.48. The quantitative estimate of drug-likeness (QED) is 0.750. The van der Waals surface area contributed by atoms with Crippen molar-refractivity contribution in [3.63, 3.8) is 0 Å². The van der Waals surface area contributed by atoms with E-state index < -0.39 is 18.2 Å². The first-order chi connectivity index (χ1) is 11.8. The molecule has 0 radical (unpaired) electrons. The molecule has 25 heavy (non-hydrogen) atoms. The van der Waals surface area contributed by atoms with E-state index in [9.17, 15) is 13.6 Å². The number of esters is 1. The van der Waals surface area contributed by atoms with Crippen LogP contribution in [0.3, 0.4) is 0 Å². The standard InChI is InChI=1S/C17H15F2NO4S/c1-17(2)23-11(8-12(21)24-17)13-14(20-25-15(13)16(18)19)9-4-6-10(22-3)7-5-9/h4-8,16H,1-3H3. The van der Waals surface area contributed by atoms with Gasteiger partial charge < -0.3 is 14.2 Å². The van der Waals surface area contributed by atoms with Gasteiger partial charge in [-0.25, -0.2) is 13.6 Å². The van der Waals surface area contributed by atoms with Crippen molar-refractivity contribution in [3.05, 3.63) is 40.8 Å². The fourth-order valence-corrected chi connectivity index (χ4v) is 3.21. The number of alkyl halides is 2. The summed E-state index contributed by atoms with van der Waals surface area (Å²) in [5, 5.41) is 0. The van der Waals surface area contributed by atoms with Crippen molar-refractivity contribution in [2.75, 3.05) is 7.11 Å². The number of halogens is 2. The van der Waals surface area contributed by atoms with Crippen LogP contribution in [-0.2, 0) is 14.3 Å². The Labute approximate surface area is 147 Å². The van der Waals surface area contributed by atoms with Gasteiger partial charge in [-0.1, -0.05) is 0 Å². The number of carbonyl (C=O) groups is 1. The summed E-state index contributed by atoms with van der Waals surface area (Å²) in [6.07, 6.45) is -1.68. The summed E-state index contributed by atoms with van der Waals surface area (Å²) < 4.78 is 46.8. The fourth-order valence-electron chi connectivity index (χ4n) is 2.45. The minimum absolute atomic E-state index is 0.0242. The second-order valence-corrected chi connectivity index (χ2v) is 6.54. The third-order valence-corrected chi connectivity index (χ3v) is 4.33. The monoisotopic (exact) mass is 367 g/mol. The van der Waals surface area contributed by atoms with Gasteiger partial charge in [-0.15, -0.1) is 0 Å². The van der Waals surface area contributed by atoms with Gasteiger partial charge in [0.2, 0.25) is 5.79 Å². The van der Waals surface area contributed by atoms with Gasteiger partial charge in [0.15, 0.2) is 0 Å². The number of benzene rings is 1. The highest BCUT2D eigenvalue weighted by molar-refractivity contribution is 7.06. The molecule has 0 aliphatic carbocycles. The Morgan fingerprint density at radius 3 is 2.44 bits per heavy atom. The fraction of sp³-hybridized carbons (Fsp3) is 0.294. The Morgan fingerprint density at radius 1 is 1.20 bits per heavy atom. The van der Waals surface area contributed by atoms with E-state index in [1.54, 1.807) is 24.3 Å². The maximum absolute atomic E-state index is 13.5. The van der Waals surface area contributed by atoms with Crippen LogP contribution in [0, 0.1) is 0 Å². The Bertz CT molecular complexity index is 828. The van der Waals surface area contributed by atoms with Gasteiger partial charge in [0.1, 0.15) is 16.4 Å². The molecule has 0 bridgehead atoms. The highest BCUT2D eigenvalue weighted by atomic mass is 32.1. The number of hydrogen-bond donors (Lipinski definition) is 0. The highest BCUT2D eigenvalue weighted by Gasteiger charge is 2.35. The maximum atomic E-state index is 13.5. The number of cyclic esters (lactones) is 1. The van der Waals surface area contributed by atoms with Gasteiger partial charge in [-0.3, -0.25) is 0 Å². The first-order valence-corrected chi connectivity index (χ1v) is 8.14. The van der Waals surface area contributed by atoms with Crippen molar-refractivity contribution in [1.29, 1.82) is 0 Å². The van der Waals surface area contributed by atoms with Gasteiger partial charge in [-0.05, 0) is 35.8 Å². The summed E-state index contributed by atoms with van der Waals surface area (Å²) in [6, 6.07) is 6.82. The zero-order valence-electron chi connectivity index (χ0n) is 13.7. The predicted octanol–water partition coefficient (Wildman–Crippen LogP) is 4.41. The number of hydrogen-bond acceptors (Lipinski definition) is 6. The van der Waals surface area contributed by atoms with Gasteiger partial charge in [0.25, 0.3) is 6.43 Å². The molecule has 0 atom stereocenters. The van der Waals surface area contributed by atoms with Crippen molar-refractivity contribution in [2.24, 2.45) is 0 Å². The largest absolute Gasteiger partial charge is 0.497 e. The highest BCUT2D eigenvalue weighted by Crippen LogP contribution is 2.42. The van der Waals surface area contributed by atoms with E-state index in [0.29, 0.717) is 28.5 Å². The molecular formula is C17H15F2NO4S. The van der Waals surface area contributed by atoms with Crippen molar-refractivity contribution in [3.8, 4) is 17.0 Å². The molecule has 5 nitrogen and oxygen atoms in total. The van der Waals surface area contributed by atoms with E-state index in [0.717, 1.165) is 6.08 Å². The van der Waals surface area contributed by atoms with Crippen LogP contribution in [0.15, 0.2) is 30.3 Å². The number of ether oxygens (including phenoxy) is 3. The SMILES string of the molecule is COc1ccc(-c2nsc(C(F)F)c2C2=CC(=O)OC(C)(C)O2)cc1. The zero-order chi connectivity index (χ0) is 18.2. The molecule has 0 saturated heterocycles. The molecule has 2 heterocycles. The normalized spacial score (nSPS) is 16.2. The molecular weight excluding hydrogens is 352 g/mol. The van der Waals surface area contributed by atoms with Crippen LogP contribution >= 0.6 is 11.5 Å². The van der Waals surface area contributed by atoms with E-state index in [1.807, 2.05) is 0 Å². The molecule has 2 aromatic rings. The van der Waals surface area contributed by atoms with Crippen molar-refractivity contribution < 1.29 is 27.8 Å². The Hall–Kier alpha value is -2.48. The molecule has 3 rings (SSSR count). The van der Waals surface area contributed by atoms with Crippen LogP contribution < -0.4 is 4.74 Å². The smallest absolute Gasteiger partial charge is 0.337 e. The van der Waals surface area contributed by atoms with Crippen LogP contribution in [0.5, 0.6) is 5.75 Å². The molecule has 0 saturated carbocycles. The molecule has 1 aliphatic heterocycles. The van der Waals surface area contributed by atoms with E-state index >= 15 is 0 Å². The average molecular weight is 367 g/mol. The van der Waals surface area contributed by atoms with E-state index in [-0.39, 0.29) is 16.2 Å². The van der Waals surface area contributed by atoms with Crippen LogP contribution in [0.2, 0.25) is 0 Å². The first-order valence-electron chi connectivity index (χ1n) is 7.37. The zero-order valence-corrected chi connectivity index (χ0v) is 14.5. The number of aromatic nitrogens is 1. The Balaban J connectivity index is 2.14. The molecule has 0 spiro atoms. The number of carbonyl (C=O) groups excluding carboxylic acids is 1. The van der Waals surface area contributed by atoms with Gasteiger partial charge in [0.05, 0.1) is 24.4 Å². The van der Waals surface area contributed by atoms with E-state index in [1.165, 1.54) is 21.0 Å². The lowest BCUT2D eigenvalue weighted by Gasteiger charge is -2.30. The minimum atomic E-state index is -2.75. The van der Waals surface area contributed by atoms with Crippen molar-refractivity contribution in [1.82, 2.24) is 4.37 Å². The Morgan fingerprint density at radius 2 is 1.88 bits per heavy atom. The lowest BCUT2D eigenvalue weighted by atomic mass is 10.0. The minimum Gasteiger partial charge on any atom is -0.497 e. The summed E-state index contributed by atoms with van der Waals surface area (Å²) in [4.78, 5) is 11.5. The third kappa shape index (κ3) is 3.48. The lowest BCUT2D eigenvalue weighted by Crippen LogP contribution is -2.34. The first kappa shape index (κ1) is 17.3. The van der Waals surface area contributed by atoms with Crippen LogP contribution in [0.1, 0.15) is 30.7 Å². The molecule has 1 aromatic carbocycles. The molecule has 1 aromatic heterocycles. The van der Waals surface area contributed by atoms with Crippen molar-refractivity contribution >= 4 is 23.3 Å². The summed E-state index contributed by atoms with van der Waals surface area (Å²) in [7, 11) is 1.53. The van der Waals surface area contributed by atoms with Crippen LogP contribution in [0.25, 0.3) is 17.0 Å². The lowest BCUT2D eigenvalue weighted by molar-refractivity contribution is -0.193. The topological polar surface area (TPSA) is 57.7 Å². The molecule has 0 unspecified atom stereocenters. The van der Waals surface area contributed by atoms with E-state index in [4.69, 9.17) is 14.2 Å². The number of methoxy groups -OCH3 is 1. The van der Waals surface area contributed by atoms with Crippen LogP contribution in [-0.4, -0.2) is 23.2 Å². The second-order valence-electron chi connectivity index (χ2n) is 5.73. The molecule has 8 heteroatoms. The number of rotatable bonds is 4. The van der Waals surface area contributed by atoms with Crippen LogP contribution in [0.4, 0.5) is 8.78 Å². The molecule has 0 amide bonds. The second kappa shape index (κ2) is 6.44. The summed E-state index contributed by atoms with van der Waals surface area (Å²) in [5.41, 5.74) is 1.04. The summed E-state index contributed by atoms with van der Waals surface area (Å²) in [6.45, 7) is 3.07. The van der Waals surface area contributed by atoms with Gasteiger partial charge >= 0.3 is 5.97 Å². The van der Waals surface area contributed by atoms with Gasteiger partial charge in [0, 0.05) is 19.4 Å². The molecule has 0 N–H and O–H groups in total. The van der Waals surface area contributed by atoms with E-state index in [2.05, 4.69) is 4.37 Å².